The molecule has 6 nitrogen and oxygen atoms in total. The number of nitriles is 1. The van der Waals surface area contributed by atoms with Crippen LogP contribution in [0.4, 0.5) is 5.82 Å². The first-order valence-electron chi connectivity index (χ1n) is 8.40. The van der Waals surface area contributed by atoms with E-state index in [1.807, 2.05) is 24.5 Å². The molecule has 8 heteroatoms. The van der Waals surface area contributed by atoms with Crippen molar-refractivity contribution < 1.29 is 13.9 Å². The second kappa shape index (κ2) is 8.55. The van der Waals surface area contributed by atoms with Crippen molar-refractivity contribution in [3.63, 3.8) is 0 Å². The third-order valence-corrected chi connectivity index (χ3v) is 5.13. The molecule has 0 atom stereocenters. The molecule has 2 heterocycles. The van der Waals surface area contributed by atoms with Crippen molar-refractivity contribution in [3.05, 3.63) is 68.7 Å². The third-order valence-electron chi connectivity index (χ3n) is 4.35. The zero-order chi connectivity index (χ0) is 20.3. The topological polar surface area (TPSA) is 80.2 Å². The van der Waals surface area contributed by atoms with E-state index < -0.39 is 5.91 Å². The Bertz CT molecular complexity index is 1050. The number of furan rings is 1. The molecule has 0 spiro atoms. The van der Waals surface area contributed by atoms with Gasteiger partial charge in [-0.15, -0.1) is 0 Å². The van der Waals surface area contributed by atoms with Gasteiger partial charge in [0, 0.05) is 10.2 Å². The molecule has 28 heavy (non-hydrogen) atoms. The predicted molar refractivity (Wildman–Crippen MR) is 110 cm³/mol. The van der Waals surface area contributed by atoms with E-state index in [0.29, 0.717) is 28.7 Å². The number of nitrogens with one attached hydrogen (secondary N) is 1. The molecule has 2 aromatic heterocycles. The summed E-state index contributed by atoms with van der Waals surface area (Å²) in [5.41, 5.74) is 2.10. The van der Waals surface area contributed by atoms with Gasteiger partial charge in [-0.3, -0.25) is 4.79 Å². The lowest BCUT2D eigenvalue weighted by Crippen LogP contribution is -2.23. The molecule has 0 saturated heterocycles. The second-order valence-electron chi connectivity index (χ2n) is 6.12. The van der Waals surface area contributed by atoms with Crippen molar-refractivity contribution in [2.75, 3.05) is 11.9 Å². The van der Waals surface area contributed by atoms with E-state index in [-0.39, 0.29) is 6.61 Å². The molecular weight excluding hydrogens is 446 g/mol. The molecule has 0 saturated carbocycles. The first-order chi connectivity index (χ1) is 13.4. The maximum atomic E-state index is 12.5. The molecule has 0 aliphatic heterocycles. The van der Waals surface area contributed by atoms with Crippen molar-refractivity contribution in [3.8, 4) is 11.8 Å². The normalized spacial score (nSPS) is 10.5. The van der Waals surface area contributed by atoms with Gasteiger partial charge in [0.1, 0.15) is 23.4 Å². The van der Waals surface area contributed by atoms with Gasteiger partial charge in [0.25, 0.3) is 5.91 Å². The number of halogens is 2. The number of ether oxygens (including phenoxy) is 1. The van der Waals surface area contributed by atoms with Crippen LogP contribution >= 0.6 is 27.5 Å². The summed E-state index contributed by atoms with van der Waals surface area (Å²) in [5, 5.41) is 12.7. The zero-order valence-electron chi connectivity index (χ0n) is 15.3. The molecule has 3 rings (SSSR count). The lowest BCUT2D eigenvalue weighted by Gasteiger charge is -2.13. The highest BCUT2D eigenvalue weighted by Crippen LogP contribution is 2.29. The van der Waals surface area contributed by atoms with Crippen LogP contribution < -0.4 is 10.1 Å². The van der Waals surface area contributed by atoms with Crippen molar-refractivity contribution in [1.29, 1.82) is 5.26 Å². The number of carbonyl (C=O) groups excluding carboxylic acids is 1. The average molecular weight is 463 g/mol. The average Bonchev–Trinajstić information content (AvgIpc) is 3.24. The smallest absolute Gasteiger partial charge is 0.263 e. The van der Waals surface area contributed by atoms with Gasteiger partial charge in [0.05, 0.1) is 23.4 Å². The van der Waals surface area contributed by atoms with Gasteiger partial charge < -0.3 is 19.0 Å². The minimum Gasteiger partial charge on any atom is -0.482 e. The maximum absolute atomic E-state index is 12.5. The number of benzene rings is 1. The van der Waals surface area contributed by atoms with E-state index in [1.165, 1.54) is 0 Å². The van der Waals surface area contributed by atoms with Gasteiger partial charge in [-0.1, -0.05) is 27.5 Å². The summed E-state index contributed by atoms with van der Waals surface area (Å²) >= 11 is 9.42. The standard InChI is InChI=1S/C20H17BrClN3O3/c1-12-13(2)25(10-15-4-3-7-27-15)20(16(12)9-23)24-19(26)11-28-18-6-5-14(21)8-17(18)22/h3-8H,10-11H2,1-2H3,(H,24,26). The van der Waals surface area contributed by atoms with E-state index in [4.69, 9.17) is 20.8 Å². The van der Waals surface area contributed by atoms with E-state index >= 15 is 0 Å². The largest absolute Gasteiger partial charge is 0.482 e. The number of nitrogens with zero attached hydrogens (tertiary/aromatic N) is 2. The van der Waals surface area contributed by atoms with Gasteiger partial charge in [-0.05, 0) is 49.7 Å². The van der Waals surface area contributed by atoms with Gasteiger partial charge in [-0.2, -0.15) is 5.26 Å². The lowest BCUT2D eigenvalue weighted by molar-refractivity contribution is -0.118. The van der Waals surface area contributed by atoms with E-state index in [0.717, 1.165) is 21.5 Å². The zero-order valence-corrected chi connectivity index (χ0v) is 17.6. The summed E-state index contributed by atoms with van der Waals surface area (Å²) < 4.78 is 13.6. The van der Waals surface area contributed by atoms with Crippen LogP contribution in [0, 0.1) is 25.2 Å². The molecule has 0 radical (unpaired) electrons. The Morgan fingerprint density at radius 1 is 1.39 bits per heavy atom. The number of hydrogen-bond donors (Lipinski definition) is 1. The van der Waals surface area contributed by atoms with Crippen molar-refractivity contribution in [2.24, 2.45) is 0 Å². The summed E-state index contributed by atoms with van der Waals surface area (Å²) in [4.78, 5) is 12.5. The van der Waals surface area contributed by atoms with Crippen LogP contribution in [0.3, 0.4) is 0 Å². The summed E-state index contributed by atoms with van der Waals surface area (Å²) in [6.07, 6.45) is 1.58. The summed E-state index contributed by atoms with van der Waals surface area (Å²) in [6.45, 7) is 3.90. The van der Waals surface area contributed by atoms with Crippen LogP contribution in [0.25, 0.3) is 0 Å². The highest BCUT2D eigenvalue weighted by atomic mass is 79.9. The molecule has 0 aliphatic carbocycles. The SMILES string of the molecule is Cc1c(C#N)c(NC(=O)COc2ccc(Br)cc2Cl)n(Cc2ccco2)c1C. The highest BCUT2D eigenvalue weighted by Gasteiger charge is 2.20. The van der Waals surface area contributed by atoms with Gasteiger partial charge in [0.15, 0.2) is 6.61 Å². The molecule has 1 amide bonds. The summed E-state index contributed by atoms with van der Waals surface area (Å²) in [5.74, 6) is 1.15. The predicted octanol–water partition coefficient (Wildman–Crippen LogP) is 5.05. The number of anilines is 1. The van der Waals surface area contributed by atoms with Gasteiger partial charge in [0.2, 0.25) is 0 Å². The summed E-state index contributed by atoms with van der Waals surface area (Å²) in [7, 11) is 0. The van der Waals surface area contributed by atoms with Crippen LogP contribution in [-0.2, 0) is 11.3 Å². The third kappa shape index (κ3) is 4.24. The first-order valence-corrected chi connectivity index (χ1v) is 9.57. The van der Waals surface area contributed by atoms with Crippen molar-refractivity contribution in [1.82, 2.24) is 4.57 Å². The molecule has 1 aromatic carbocycles. The first kappa shape index (κ1) is 20.1. The van der Waals surface area contributed by atoms with Crippen LogP contribution in [-0.4, -0.2) is 17.1 Å². The Morgan fingerprint density at radius 2 is 2.18 bits per heavy atom. The van der Waals surface area contributed by atoms with Crippen molar-refractivity contribution >= 4 is 39.3 Å². The quantitative estimate of drug-likeness (QED) is 0.556. The van der Waals surface area contributed by atoms with Gasteiger partial charge in [-0.25, -0.2) is 0 Å². The molecule has 0 bridgehead atoms. The second-order valence-corrected chi connectivity index (χ2v) is 7.45. The Kier molecular flexibility index (Phi) is 6.12. The number of hydrogen-bond acceptors (Lipinski definition) is 4. The number of rotatable bonds is 6. The summed E-state index contributed by atoms with van der Waals surface area (Å²) in [6, 6.07) is 10.9. The molecule has 3 aromatic rings. The number of aromatic nitrogens is 1. The van der Waals surface area contributed by atoms with Crippen LogP contribution in [0.1, 0.15) is 22.6 Å². The van der Waals surface area contributed by atoms with Gasteiger partial charge >= 0.3 is 0 Å². The van der Waals surface area contributed by atoms with E-state index in [2.05, 4.69) is 27.3 Å². The Morgan fingerprint density at radius 3 is 2.82 bits per heavy atom. The molecule has 144 valence electrons. The molecule has 0 unspecified atom stereocenters. The lowest BCUT2D eigenvalue weighted by atomic mass is 10.2. The number of amides is 1. The Balaban J connectivity index is 1.79. The monoisotopic (exact) mass is 461 g/mol. The van der Waals surface area contributed by atoms with E-state index in [9.17, 15) is 10.1 Å². The maximum Gasteiger partial charge on any atom is 0.263 e. The fourth-order valence-corrected chi connectivity index (χ4v) is 3.52. The van der Waals surface area contributed by atoms with Crippen molar-refractivity contribution in [2.45, 2.75) is 20.4 Å². The Hall–Kier alpha value is -2.69. The molecule has 0 fully saturated rings. The van der Waals surface area contributed by atoms with Crippen LogP contribution in [0.2, 0.25) is 5.02 Å². The fraction of sp³-hybridized carbons (Fsp3) is 0.200. The van der Waals surface area contributed by atoms with E-state index in [1.54, 1.807) is 30.5 Å². The molecular formula is C20H17BrClN3O3. The van der Waals surface area contributed by atoms with Crippen LogP contribution in [0.5, 0.6) is 5.75 Å². The number of carbonyl (C=O) groups is 1. The fourth-order valence-electron chi connectivity index (χ4n) is 2.79. The minimum atomic E-state index is -0.395. The highest BCUT2D eigenvalue weighted by molar-refractivity contribution is 9.10. The van der Waals surface area contributed by atoms with Crippen LogP contribution in [0.15, 0.2) is 45.5 Å². The molecule has 1 N–H and O–H groups in total. The molecule has 0 aliphatic rings. The minimum absolute atomic E-state index is 0.240. The Labute approximate surface area is 175 Å².